The van der Waals surface area contributed by atoms with Crippen molar-refractivity contribution in [2.24, 2.45) is 0 Å². The van der Waals surface area contributed by atoms with Gasteiger partial charge in [0.25, 0.3) is 0 Å². The first-order valence-electron chi connectivity index (χ1n) is 11.1. The minimum absolute atomic E-state index is 0.126. The Kier molecular flexibility index (Phi) is 9.14. The third-order valence-electron chi connectivity index (χ3n) is 5.24. The normalized spacial score (nSPS) is 12.7. The van der Waals surface area contributed by atoms with Gasteiger partial charge in [-0.25, -0.2) is 8.42 Å². The molecule has 7 nitrogen and oxygen atoms in total. The number of anilines is 1. The van der Waals surface area contributed by atoms with E-state index in [1.54, 1.807) is 43.3 Å². The zero-order valence-electron chi connectivity index (χ0n) is 20.6. The number of nitrogens with one attached hydrogen (secondary N) is 1. The lowest BCUT2D eigenvalue weighted by molar-refractivity contribution is -0.140. The molecule has 0 spiro atoms. The van der Waals surface area contributed by atoms with E-state index in [0.29, 0.717) is 10.7 Å². The van der Waals surface area contributed by atoms with Crippen LogP contribution < -0.4 is 9.62 Å². The Labute approximate surface area is 208 Å². The number of halogens is 1. The maximum Gasteiger partial charge on any atom is 0.244 e. The molecule has 34 heavy (non-hydrogen) atoms. The number of hydrogen-bond acceptors (Lipinski definition) is 4. The summed E-state index contributed by atoms with van der Waals surface area (Å²) < 4.78 is 26.3. The molecule has 0 aliphatic heterocycles. The Balaban J connectivity index is 2.38. The van der Waals surface area contributed by atoms with Gasteiger partial charge in [0, 0.05) is 17.1 Å². The molecular formula is C25H34ClN3O4S. The largest absolute Gasteiger partial charge is 0.350 e. The highest BCUT2D eigenvalue weighted by atomic mass is 35.5. The number of nitrogens with zero attached hydrogens (tertiary/aromatic N) is 2. The first kappa shape index (κ1) is 27.7. The number of rotatable bonds is 9. The number of carbonyl (C=O) groups excluding carboxylic acids is 2. The number of aryl methyl sites for hydroxylation is 1. The quantitative estimate of drug-likeness (QED) is 0.555. The summed E-state index contributed by atoms with van der Waals surface area (Å²) in [6, 6.07) is 13.2. The van der Waals surface area contributed by atoms with E-state index in [0.717, 1.165) is 28.1 Å². The Morgan fingerprint density at radius 1 is 1.00 bits per heavy atom. The molecule has 0 fully saturated rings. The van der Waals surface area contributed by atoms with Crippen molar-refractivity contribution in [2.45, 2.75) is 59.2 Å². The number of amides is 2. The van der Waals surface area contributed by atoms with Gasteiger partial charge in [-0.15, -0.1) is 0 Å². The van der Waals surface area contributed by atoms with Crippen LogP contribution in [-0.4, -0.2) is 49.5 Å². The molecule has 2 amide bonds. The predicted molar refractivity (Wildman–Crippen MR) is 137 cm³/mol. The SMILES string of the molecule is CCc1ccc(N(CC(=O)N(Cc2ccc(Cl)cc2)[C@@H](C)C(=O)NC(C)(C)C)S(C)(=O)=O)cc1. The number of sulfonamides is 1. The molecule has 0 radical (unpaired) electrons. The van der Waals surface area contributed by atoms with Crippen molar-refractivity contribution in [1.82, 2.24) is 10.2 Å². The fourth-order valence-electron chi connectivity index (χ4n) is 3.35. The molecule has 2 aromatic carbocycles. The molecule has 0 aliphatic rings. The Bertz CT molecular complexity index is 1090. The van der Waals surface area contributed by atoms with E-state index >= 15 is 0 Å². The smallest absolute Gasteiger partial charge is 0.244 e. The molecule has 0 unspecified atom stereocenters. The van der Waals surface area contributed by atoms with E-state index in [-0.39, 0.29) is 12.5 Å². The minimum Gasteiger partial charge on any atom is -0.350 e. The molecule has 0 saturated heterocycles. The van der Waals surface area contributed by atoms with Crippen LogP contribution in [0.5, 0.6) is 0 Å². The summed E-state index contributed by atoms with van der Waals surface area (Å²) in [5.74, 6) is -0.815. The van der Waals surface area contributed by atoms with E-state index < -0.39 is 34.1 Å². The fraction of sp³-hybridized carbons (Fsp3) is 0.440. The first-order chi connectivity index (χ1) is 15.7. The molecule has 0 bridgehead atoms. The van der Waals surface area contributed by atoms with Gasteiger partial charge in [0.2, 0.25) is 21.8 Å². The third-order valence-corrected chi connectivity index (χ3v) is 6.64. The van der Waals surface area contributed by atoms with Gasteiger partial charge >= 0.3 is 0 Å². The monoisotopic (exact) mass is 507 g/mol. The van der Waals surface area contributed by atoms with Crippen molar-refractivity contribution in [2.75, 3.05) is 17.1 Å². The van der Waals surface area contributed by atoms with Gasteiger partial charge in [-0.1, -0.05) is 42.8 Å². The van der Waals surface area contributed by atoms with Crippen LogP contribution in [-0.2, 0) is 32.6 Å². The van der Waals surface area contributed by atoms with Crippen molar-refractivity contribution in [3.05, 3.63) is 64.7 Å². The van der Waals surface area contributed by atoms with Crippen LogP contribution >= 0.6 is 11.6 Å². The second kappa shape index (κ2) is 11.2. The van der Waals surface area contributed by atoms with Crippen LogP contribution in [0.1, 0.15) is 45.7 Å². The lowest BCUT2D eigenvalue weighted by Crippen LogP contribution is -2.54. The van der Waals surface area contributed by atoms with Crippen LogP contribution in [0.2, 0.25) is 5.02 Å². The van der Waals surface area contributed by atoms with Crippen molar-refractivity contribution in [3.8, 4) is 0 Å². The van der Waals surface area contributed by atoms with Crippen LogP contribution in [0.3, 0.4) is 0 Å². The topological polar surface area (TPSA) is 86.8 Å². The molecule has 2 aromatic rings. The van der Waals surface area contributed by atoms with Crippen LogP contribution in [0.15, 0.2) is 48.5 Å². The van der Waals surface area contributed by atoms with E-state index in [9.17, 15) is 18.0 Å². The lowest BCUT2D eigenvalue weighted by atomic mass is 10.1. The van der Waals surface area contributed by atoms with Gasteiger partial charge in [-0.3, -0.25) is 13.9 Å². The first-order valence-corrected chi connectivity index (χ1v) is 13.4. The molecule has 1 atom stereocenters. The Morgan fingerprint density at radius 2 is 1.53 bits per heavy atom. The summed E-state index contributed by atoms with van der Waals surface area (Å²) >= 11 is 5.99. The highest BCUT2D eigenvalue weighted by Crippen LogP contribution is 2.20. The molecule has 0 aliphatic carbocycles. The zero-order chi connectivity index (χ0) is 25.7. The number of carbonyl (C=O) groups is 2. The zero-order valence-corrected chi connectivity index (χ0v) is 22.2. The van der Waals surface area contributed by atoms with Gasteiger partial charge in [-0.2, -0.15) is 0 Å². The average Bonchev–Trinajstić information content (AvgIpc) is 2.74. The van der Waals surface area contributed by atoms with Gasteiger partial charge in [0.15, 0.2) is 0 Å². The summed E-state index contributed by atoms with van der Waals surface area (Å²) in [4.78, 5) is 27.8. The second-order valence-corrected chi connectivity index (χ2v) is 11.7. The molecule has 1 N–H and O–H groups in total. The van der Waals surface area contributed by atoms with E-state index in [1.165, 1.54) is 4.90 Å². The van der Waals surface area contributed by atoms with E-state index in [4.69, 9.17) is 11.6 Å². The average molecular weight is 508 g/mol. The number of benzene rings is 2. The van der Waals surface area contributed by atoms with Crippen LogP contribution in [0, 0.1) is 0 Å². The van der Waals surface area contributed by atoms with E-state index in [2.05, 4.69) is 5.32 Å². The molecule has 186 valence electrons. The molecule has 0 heterocycles. The van der Waals surface area contributed by atoms with Gasteiger partial charge in [-0.05, 0) is 69.5 Å². The van der Waals surface area contributed by atoms with Crippen LogP contribution in [0.4, 0.5) is 5.69 Å². The molecule has 0 aromatic heterocycles. The van der Waals surface area contributed by atoms with E-state index in [1.807, 2.05) is 39.8 Å². The Hall–Kier alpha value is -2.58. The fourth-order valence-corrected chi connectivity index (χ4v) is 4.33. The standard InChI is InChI=1S/C25H34ClN3O4S/c1-7-19-10-14-22(15-11-19)29(34(6,32)33)17-23(30)28(16-20-8-12-21(26)13-9-20)18(2)24(31)27-25(3,4)5/h8-15,18H,7,16-17H2,1-6H3,(H,27,31)/t18-/m0/s1. The number of hydrogen-bond donors (Lipinski definition) is 1. The lowest BCUT2D eigenvalue weighted by Gasteiger charge is -2.33. The van der Waals surface area contributed by atoms with Crippen molar-refractivity contribution >= 4 is 39.1 Å². The van der Waals surface area contributed by atoms with Gasteiger partial charge < -0.3 is 10.2 Å². The summed E-state index contributed by atoms with van der Waals surface area (Å²) in [5, 5.41) is 3.45. The van der Waals surface area contributed by atoms with Crippen molar-refractivity contribution in [3.63, 3.8) is 0 Å². The van der Waals surface area contributed by atoms with Gasteiger partial charge in [0.1, 0.15) is 12.6 Å². The maximum atomic E-state index is 13.5. The van der Waals surface area contributed by atoms with Gasteiger partial charge in [0.05, 0.1) is 11.9 Å². The van der Waals surface area contributed by atoms with Crippen molar-refractivity contribution < 1.29 is 18.0 Å². The molecular weight excluding hydrogens is 474 g/mol. The summed E-state index contributed by atoms with van der Waals surface area (Å²) in [7, 11) is -3.75. The molecule has 2 rings (SSSR count). The summed E-state index contributed by atoms with van der Waals surface area (Å²) in [6.07, 6.45) is 1.88. The summed E-state index contributed by atoms with van der Waals surface area (Å²) in [5.41, 5.74) is 1.73. The minimum atomic E-state index is -3.75. The predicted octanol–water partition coefficient (Wildman–Crippen LogP) is 4.00. The third kappa shape index (κ3) is 8.02. The Morgan fingerprint density at radius 3 is 2.00 bits per heavy atom. The van der Waals surface area contributed by atoms with Crippen molar-refractivity contribution in [1.29, 1.82) is 0 Å². The maximum absolute atomic E-state index is 13.5. The van der Waals surface area contributed by atoms with Crippen LogP contribution in [0.25, 0.3) is 0 Å². The highest BCUT2D eigenvalue weighted by Gasteiger charge is 2.31. The molecule has 9 heteroatoms. The molecule has 0 saturated carbocycles. The second-order valence-electron chi connectivity index (χ2n) is 9.35. The highest BCUT2D eigenvalue weighted by molar-refractivity contribution is 7.92. The summed E-state index contributed by atoms with van der Waals surface area (Å²) in [6.45, 7) is 8.91.